The molecule has 10 heteroatoms. The second kappa shape index (κ2) is 13.4. The summed E-state index contributed by atoms with van der Waals surface area (Å²) < 4.78 is 2.46. The first-order valence-electron chi connectivity index (χ1n) is 24.4. The lowest BCUT2D eigenvalue weighted by molar-refractivity contribution is 0.147. The number of fused-ring (bicyclic) bond motifs is 14. The van der Waals surface area contributed by atoms with Crippen molar-refractivity contribution in [3.05, 3.63) is 148 Å². The molecule has 8 atom stereocenters. The molecule has 8 aliphatic heterocycles. The Kier molecular flexibility index (Phi) is 8.00. The van der Waals surface area contributed by atoms with Gasteiger partial charge in [0, 0.05) is 65.7 Å². The maximum atomic E-state index is 4.40. The zero-order valence-corrected chi connectivity index (χ0v) is 38.5. The van der Waals surface area contributed by atoms with Crippen molar-refractivity contribution in [3.8, 4) is 5.69 Å². The van der Waals surface area contributed by atoms with Gasteiger partial charge in [-0.05, 0) is 137 Å². The van der Waals surface area contributed by atoms with Gasteiger partial charge >= 0.3 is 0 Å². The predicted octanol–water partition coefficient (Wildman–Crippen LogP) is 7.49. The molecule has 0 aliphatic carbocycles. The number of nitrogens with one attached hydrogen (secondary N) is 5. The number of aromatic nitrogens is 1. The van der Waals surface area contributed by atoms with Crippen LogP contribution in [0.5, 0.6) is 0 Å². The minimum atomic E-state index is -0.203. The summed E-state index contributed by atoms with van der Waals surface area (Å²) in [5.74, 6) is 0. The largest absolute Gasteiger partial charge is 0.369 e. The Hall–Kier alpha value is -5.36. The van der Waals surface area contributed by atoms with Crippen molar-refractivity contribution < 1.29 is 0 Å². The third-order valence-electron chi connectivity index (χ3n) is 18.7. The number of likely N-dealkylation sites (N-methyl/N-ethyl adjacent to an activating group) is 5. The molecule has 8 aliphatic rings. The minimum Gasteiger partial charge on any atom is -0.369 e. The number of nitrogens with zero attached hydrogens (tertiary/aromatic N) is 5. The molecule has 8 unspecified atom stereocenters. The average Bonchev–Trinajstić information content (AvgIpc) is 4.22. The lowest BCUT2D eigenvalue weighted by Gasteiger charge is -2.48. The topological polar surface area (TPSA) is 78.0 Å². The van der Waals surface area contributed by atoms with Gasteiger partial charge in [0.15, 0.2) is 0 Å². The summed E-state index contributed by atoms with van der Waals surface area (Å²) in [6.07, 6.45) is 8.51. The molecule has 332 valence electrons. The molecule has 4 saturated heterocycles. The van der Waals surface area contributed by atoms with Gasteiger partial charge in [0.1, 0.15) is 0 Å². The van der Waals surface area contributed by atoms with Crippen LogP contribution in [0.3, 0.4) is 0 Å². The van der Waals surface area contributed by atoms with E-state index in [1.807, 2.05) is 7.05 Å². The van der Waals surface area contributed by atoms with E-state index in [0.29, 0.717) is 0 Å². The molecule has 0 spiro atoms. The summed E-state index contributed by atoms with van der Waals surface area (Å²) in [5, 5.41) is 21.6. The molecular weight excluding hydrogens is 801 g/mol. The third-order valence-corrected chi connectivity index (χ3v) is 18.7. The molecule has 0 saturated carbocycles. The second-order valence-corrected chi connectivity index (χ2v) is 21.1. The van der Waals surface area contributed by atoms with E-state index in [1.54, 1.807) is 0 Å². The maximum Gasteiger partial charge on any atom is 0.0933 e. The van der Waals surface area contributed by atoms with Gasteiger partial charge in [-0.15, -0.1) is 0 Å². The lowest BCUT2D eigenvalue weighted by Crippen LogP contribution is -2.60. The normalized spacial score (nSPS) is 32.9. The zero-order valence-electron chi connectivity index (χ0n) is 38.5. The number of anilines is 4. The molecule has 4 fully saturated rings. The van der Waals surface area contributed by atoms with Crippen LogP contribution in [-0.2, 0) is 28.1 Å². The summed E-state index contributed by atoms with van der Waals surface area (Å²) in [4.78, 5) is 10.4. The van der Waals surface area contributed by atoms with Crippen LogP contribution in [-0.4, -0.2) is 117 Å². The fraction of sp³-hybridized carbons (Fsp3) is 0.418. The van der Waals surface area contributed by atoms with Crippen molar-refractivity contribution in [3.63, 3.8) is 0 Å². The van der Waals surface area contributed by atoms with Gasteiger partial charge in [-0.3, -0.25) is 19.6 Å². The Bertz CT molecular complexity index is 2960. The molecule has 14 rings (SSSR count). The van der Waals surface area contributed by atoms with Gasteiger partial charge in [-0.25, -0.2) is 0 Å². The second-order valence-electron chi connectivity index (χ2n) is 21.1. The molecule has 65 heavy (non-hydrogen) atoms. The Morgan fingerprint density at radius 2 is 1.12 bits per heavy atom. The highest BCUT2D eigenvalue weighted by Crippen LogP contribution is 2.68. The van der Waals surface area contributed by atoms with Gasteiger partial charge in [0.25, 0.3) is 0 Å². The van der Waals surface area contributed by atoms with Gasteiger partial charge in [-0.1, -0.05) is 78.9 Å². The number of para-hydroxylation sites is 4. The summed E-state index contributed by atoms with van der Waals surface area (Å²) in [6, 6.07) is 40.3. The van der Waals surface area contributed by atoms with E-state index in [-0.39, 0.29) is 46.3 Å². The molecule has 0 bridgehead atoms. The van der Waals surface area contributed by atoms with Crippen LogP contribution < -0.4 is 26.6 Å². The van der Waals surface area contributed by atoms with Crippen molar-refractivity contribution in [2.75, 3.05) is 89.2 Å². The van der Waals surface area contributed by atoms with E-state index in [1.165, 1.54) is 78.3 Å². The summed E-state index contributed by atoms with van der Waals surface area (Å²) in [5.41, 5.74) is 17.3. The van der Waals surface area contributed by atoms with E-state index >= 15 is 0 Å². The lowest BCUT2D eigenvalue weighted by atomic mass is 9.54. The molecule has 1 aromatic heterocycles. The Balaban J connectivity index is 0.947. The van der Waals surface area contributed by atoms with E-state index in [2.05, 4.69) is 188 Å². The highest BCUT2D eigenvalue weighted by atomic mass is 15.4. The fourth-order valence-corrected chi connectivity index (χ4v) is 15.8. The molecule has 9 heterocycles. The maximum absolute atomic E-state index is 4.40. The van der Waals surface area contributed by atoms with Crippen LogP contribution in [0.2, 0.25) is 0 Å². The molecule has 0 amide bonds. The van der Waals surface area contributed by atoms with Crippen LogP contribution in [0.1, 0.15) is 64.6 Å². The van der Waals surface area contributed by atoms with Crippen molar-refractivity contribution in [2.24, 2.45) is 0 Å². The molecule has 5 aromatic carbocycles. The van der Waals surface area contributed by atoms with Crippen LogP contribution in [0.4, 0.5) is 22.7 Å². The number of rotatable bonds is 7. The van der Waals surface area contributed by atoms with Gasteiger partial charge in [-0.2, -0.15) is 0 Å². The standard InChI is InChI=1S/C55H62N10/c1-56-27-22-34-33-65(44-18-9-6-12-36(34)44)45-19-11-15-39-47(45)60-48-52(39,23-28-61(48)2)35-20-21-43-41(32-35)55(26-31-63(4)50(55)58-43)54-25-30-64(5)51(54)59-46-38(14-10-16-40(46)54)53-24-29-62(3)49(53)57-42-17-8-7-13-37(42)53/h6-21,32-33,48-51,56-60H,22-31H2,1-5H3. The van der Waals surface area contributed by atoms with Crippen LogP contribution in [0, 0.1) is 0 Å². The van der Waals surface area contributed by atoms with E-state index in [0.717, 1.165) is 64.8 Å². The van der Waals surface area contributed by atoms with Crippen molar-refractivity contribution in [1.82, 2.24) is 29.5 Å². The van der Waals surface area contributed by atoms with Crippen LogP contribution in [0.15, 0.2) is 109 Å². The minimum absolute atomic E-state index is 0.129. The van der Waals surface area contributed by atoms with E-state index in [4.69, 9.17) is 0 Å². The van der Waals surface area contributed by atoms with E-state index in [9.17, 15) is 0 Å². The average molecular weight is 863 g/mol. The number of benzene rings is 5. The highest BCUT2D eigenvalue weighted by molar-refractivity contribution is 5.88. The summed E-state index contributed by atoms with van der Waals surface area (Å²) in [7, 11) is 11.4. The SMILES string of the molecule is CNCCc1cn(-c2cccc3c2NC2N(C)CCC32c2ccc3c(c2)C2(C45CCN(C)C4Nc4c(C67CCN(C)C6Nc6ccccc67)cccc45)CCN(C)C2N3)c2ccccc12. The highest BCUT2D eigenvalue weighted by Gasteiger charge is 2.72. The summed E-state index contributed by atoms with van der Waals surface area (Å²) >= 11 is 0. The quantitative estimate of drug-likeness (QED) is 0.112. The molecule has 6 aromatic rings. The first-order valence-corrected chi connectivity index (χ1v) is 24.4. The van der Waals surface area contributed by atoms with E-state index < -0.39 is 0 Å². The van der Waals surface area contributed by atoms with Gasteiger partial charge < -0.3 is 31.2 Å². The molecular formula is C55H62N10. The Labute approximate surface area is 383 Å². The molecule has 5 N–H and O–H groups in total. The smallest absolute Gasteiger partial charge is 0.0933 e. The first kappa shape index (κ1) is 38.9. The first-order chi connectivity index (χ1) is 31.8. The molecule has 0 radical (unpaired) electrons. The predicted molar refractivity (Wildman–Crippen MR) is 264 cm³/mol. The van der Waals surface area contributed by atoms with Gasteiger partial charge in [0.2, 0.25) is 0 Å². The van der Waals surface area contributed by atoms with Crippen molar-refractivity contribution in [2.45, 2.75) is 78.4 Å². The number of hydrogen-bond donors (Lipinski definition) is 5. The summed E-state index contributed by atoms with van der Waals surface area (Å²) in [6.45, 7) is 5.19. The molecule has 10 nitrogen and oxygen atoms in total. The third kappa shape index (κ3) is 4.58. The van der Waals surface area contributed by atoms with Crippen LogP contribution >= 0.6 is 0 Å². The monoisotopic (exact) mass is 863 g/mol. The fourth-order valence-electron chi connectivity index (χ4n) is 15.8. The Morgan fingerprint density at radius 1 is 0.538 bits per heavy atom. The van der Waals surface area contributed by atoms with Crippen LogP contribution in [0.25, 0.3) is 16.6 Å². The van der Waals surface area contributed by atoms with Crippen molar-refractivity contribution in [1.29, 1.82) is 0 Å². The Morgan fingerprint density at radius 3 is 1.94 bits per heavy atom. The van der Waals surface area contributed by atoms with Gasteiger partial charge in [0.05, 0.1) is 52.4 Å². The zero-order chi connectivity index (χ0) is 43.6. The number of hydrogen-bond acceptors (Lipinski definition) is 9. The van der Waals surface area contributed by atoms with Crippen molar-refractivity contribution >= 4 is 33.7 Å². The number of likely N-dealkylation sites (tertiary alicyclic amines) is 4.